The van der Waals surface area contributed by atoms with Crippen molar-refractivity contribution in [2.24, 2.45) is 5.92 Å². The molecular formula is C19H30N4O4. The van der Waals surface area contributed by atoms with E-state index in [1.54, 1.807) is 14.0 Å². The van der Waals surface area contributed by atoms with E-state index in [0.717, 1.165) is 38.8 Å². The molecular weight excluding hydrogens is 348 g/mol. The van der Waals surface area contributed by atoms with Gasteiger partial charge >= 0.3 is 0 Å². The van der Waals surface area contributed by atoms with E-state index in [0.29, 0.717) is 43.7 Å². The minimum Gasteiger partial charge on any atom is -0.438 e. The van der Waals surface area contributed by atoms with Crippen molar-refractivity contribution in [3.63, 3.8) is 0 Å². The molecule has 3 heterocycles. The van der Waals surface area contributed by atoms with Crippen LogP contribution < -0.4 is 5.32 Å². The van der Waals surface area contributed by atoms with Crippen molar-refractivity contribution >= 4 is 11.8 Å². The highest BCUT2D eigenvalue weighted by Crippen LogP contribution is 2.25. The van der Waals surface area contributed by atoms with Crippen LogP contribution in [0.2, 0.25) is 0 Å². The molecule has 2 amide bonds. The number of carbonyl (C=O) groups is 2. The Morgan fingerprint density at radius 3 is 2.74 bits per heavy atom. The van der Waals surface area contributed by atoms with E-state index in [1.807, 2.05) is 4.90 Å². The van der Waals surface area contributed by atoms with Crippen molar-refractivity contribution in [3.8, 4) is 0 Å². The number of aryl methyl sites for hydroxylation is 1. The number of nitrogens with one attached hydrogen (secondary N) is 1. The summed E-state index contributed by atoms with van der Waals surface area (Å²) >= 11 is 0. The number of amides is 2. The first kappa shape index (κ1) is 19.8. The van der Waals surface area contributed by atoms with Crippen LogP contribution in [0, 0.1) is 12.8 Å². The molecule has 8 nitrogen and oxygen atoms in total. The largest absolute Gasteiger partial charge is 0.438 e. The van der Waals surface area contributed by atoms with Gasteiger partial charge in [0.1, 0.15) is 0 Å². The van der Waals surface area contributed by atoms with Gasteiger partial charge in [-0.25, -0.2) is 4.98 Å². The maximum absolute atomic E-state index is 12.5. The normalized spacial score (nSPS) is 22.0. The van der Waals surface area contributed by atoms with Gasteiger partial charge in [0.15, 0.2) is 6.39 Å². The average molecular weight is 378 g/mol. The second kappa shape index (κ2) is 9.32. The van der Waals surface area contributed by atoms with Gasteiger partial charge in [0, 0.05) is 39.3 Å². The summed E-state index contributed by atoms with van der Waals surface area (Å²) in [4.78, 5) is 33.2. The Morgan fingerprint density at radius 2 is 2.07 bits per heavy atom. The number of piperidine rings is 2. The van der Waals surface area contributed by atoms with Gasteiger partial charge in [0.05, 0.1) is 18.2 Å². The lowest BCUT2D eigenvalue weighted by Gasteiger charge is -2.41. The molecule has 27 heavy (non-hydrogen) atoms. The number of oxazole rings is 1. The van der Waals surface area contributed by atoms with Crippen LogP contribution in [0.1, 0.15) is 41.9 Å². The van der Waals surface area contributed by atoms with Gasteiger partial charge in [-0.1, -0.05) is 0 Å². The third-order valence-corrected chi connectivity index (χ3v) is 5.64. The highest BCUT2D eigenvalue weighted by molar-refractivity contribution is 5.92. The van der Waals surface area contributed by atoms with Gasteiger partial charge in [0.25, 0.3) is 5.91 Å². The smallest absolute Gasteiger partial charge is 0.291 e. The Morgan fingerprint density at radius 1 is 1.30 bits per heavy atom. The average Bonchev–Trinajstić information content (AvgIpc) is 3.13. The zero-order valence-corrected chi connectivity index (χ0v) is 16.3. The minimum absolute atomic E-state index is 0.0483. The third-order valence-electron chi connectivity index (χ3n) is 5.64. The van der Waals surface area contributed by atoms with E-state index in [-0.39, 0.29) is 17.7 Å². The Bertz CT molecular complexity index is 639. The van der Waals surface area contributed by atoms with E-state index in [9.17, 15) is 9.59 Å². The molecule has 2 fully saturated rings. The number of ether oxygens (including phenoxy) is 1. The molecule has 0 aromatic carbocycles. The first-order chi connectivity index (χ1) is 13.1. The summed E-state index contributed by atoms with van der Waals surface area (Å²) in [6, 6.07) is 0.430. The quantitative estimate of drug-likeness (QED) is 0.745. The number of nitrogens with zero attached hydrogens (tertiary/aromatic N) is 3. The summed E-state index contributed by atoms with van der Waals surface area (Å²) in [6.45, 7) is 6.15. The molecule has 2 saturated heterocycles. The van der Waals surface area contributed by atoms with Crippen LogP contribution in [0.5, 0.6) is 0 Å². The van der Waals surface area contributed by atoms with Gasteiger partial charge in [-0.3, -0.25) is 14.5 Å². The van der Waals surface area contributed by atoms with Gasteiger partial charge in [-0.2, -0.15) is 0 Å². The summed E-state index contributed by atoms with van der Waals surface area (Å²) < 4.78 is 10.2. The van der Waals surface area contributed by atoms with Crippen LogP contribution in [0.15, 0.2) is 10.8 Å². The Labute approximate surface area is 160 Å². The Hall–Kier alpha value is -1.93. The van der Waals surface area contributed by atoms with Crippen molar-refractivity contribution in [1.82, 2.24) is 20.1 Å². The molecule has 0 unspecified atom stereocenters. The summed E-state index contributed by atoms with van der Waals surface area (Å²) in [6.07, 6.45) is 5.16. The van der Waals surface area contributed by atoms with Crippen molar-refractivity contribution in [2.75, 3.05) is 46.4 Å². The molecule has 1 aromatic rings. The molecule has 8 heteroatoms. The van der Waals surface area contributed by atoms with Crippen LogP contribution >= 0.6 is 0 Å². The Kier molecular flexibility index (Phi) is 6.84. The van der Waals surface area contributed by atoms with Crippen LogP contribution in [0.3, 0.4) is 0 Å². The molecule has 2 aliphatic rings. The van der Waals surface area contributed by atoms with Crippen molar-refractivity contribution < 1.29 is 18.7 Å². The van der Waals surface area contributed by atoms with Gasteiger partial charge < -0.3 is 19.4 Å². The monoisotopic (exact) mass is 378 g/mol. The molecule has 1 N–H and O–H groups in total. The highest BCUT2D eigenvalue weighted by Gasteiger charge is 2.33. The maximum atomic E-state index is 12.5. The highest BCUT2D eigenvalue weighted by atomic mass is 16.5. The number of hydrogen-bond donors (Lipinski definition) is 1. The van der Waals surface area contributed by atoms with Crippen molar-refractivity contribution in [1.29, 1.82) is 0 Å². The van der Waals surface area contributed by atoms with Crippen LogP contribution in [0.4, 0.5) is 0 Å². The van der Waals surface area contributed by atoms with Crippen molar-refractivity contribution in [2.45, 2.75) is 38.6 Å². The zero-order chi connectivity index (χ0) is 19.2. The second-order valence-electron chi connectivity index (χ2n) is 7.41. The topological polar surface area (TPSA) is 87.9 Å². The number of likely N-dealkylation sites (tertiary alicyclic amines) is 2. The number of hydrogen-bond acceptors (Lipinski definition) is 6. The molecule has 0 saturated carbocycles. The SMILES string of the molecule is COCCNC(=O)[C@@H]1CCCN(C2CCN(C(=O)c3ocnc3C)CC2)C1. The molecule has 2 aliphatic heterocycles. The minimum atomic E-state index is -0.0718. The fraction of sp³-hybridized carbons (Fsp3) is 0.737. The predicted molar refractivity (Wildman–Crippen MR) is 99.3 cm³/mol. The first-order valence-electron chi connectivity index (χ1n) is 9.80. The summed E-state index contributed by atoms with van der Waals surface area (Å²) in [5.41, 5.74) is 0.639. The van der Waals surface area contributed by atoms with Crippen LogP contribution in [-0.4, -0.2) is 79.1 Å². The fourth-order valence-corrected chi connectivity index (χ4v) is 4.06. The van der Waals surface area contributed by atoms with Crippen LogP contribution in [0.25, 0.3) is 0 Å². The number of methoxy groups -OCH3 is 1. The van der Waals surface area contributed by atoms with Gasteiger partial charge in [-0.05, 0) is 39.2 Å². The summed E-state index contributed by atoms with van der Waals surface area (Å²) in [5, 5.41) is 2.96. The predicted octanol–water partition coefficient (Wildman–Crippen LogP) is 1.06. The molecule has 1 atom stereocenters. The van der Waals surface area contributed by atoms with E-state index >= 15 is 0 Å². The lowest BCUT2D eigenvalue weighted by atomic mass is 9.93. The second-order valence-corrected chi connectivity index (χ2v) is 7.41. The van der Waals surface area contributed by atoms with E-state index < -0.39 is 0 Å². The molecule has 1 aromatic heterocycles. The molecule has 0 radical (unpaired) electrons. The zero-order valence-electron chi connectivity index (χ0n) is 16.3. The fourth-order valence-electron chi connectivity index (χ4n) is 4.06. The van der Waals surface area contributed by atoms with E-state index in [1.165, 1.54) is 6.39 Å². The third kappa shape index (κ3) is 4.87. The molecule has 0 aliphatic carbocycles. The van der Waals surface area contributed by atoms with E-state index in [2.05, 4.69) is 15.2 Å². The van der Waals surface area contributed by atoms with E-state index in [4.69, 9.17) is 9.15 Å². The Balaban J connectivity index is 1.48. The lowest BCUT2D eigenvalue weighted by Crippen LogP contribution is -2.51. The maximum Gasteiger partial charge on any atom is 0.291 e. The number of carbonyl (C=O) groups excluding carboxylic acids is 2. The standard InChI is InChI=1S/C19H30N4O4/c1-14-17(27-13-21-14)19(25)22-9-5-16(6-10-22)23-8-3-4-15(12-23)18(24)20-7-11-26-2/h13,15-16H,3-12H2,1-2H3,(H,20,24)/t15-/m1/s1. The molecule has 150 valence electrons. The molecule has 0 spiro atoms. The van der Waals surface area contributed by atoms with Crippen LogP contribution in [-0.2, 0) is 9.53 Å². The van der Waals surface area contributed by atoms with Gasteiger partial charge in [-0.15, -0.1) is 0 Å². The molecule has 3 rings (SSSR count). The first-order valence-corrected chi connectivity index (χ1v) is 9.80. The van der Waals surface area contributed by atoms with Crippen molar-refractivity contribution in [3.05, 3.63) is 17.8 Å². The molecule has 0 bridgehead atoms. The summed E-state index contributed by atoms with van der Waals surface area (Å²) in [7, 11) is 1.63. The van der Waals surface area contributed by atoms with Gasteiger partial charge in [0.2, 0.25) is 11.7 Å². The summed E-state index contributed by atoms with van der Waals surface area (Å²) in [5.74, 6) is 0.453. The number of rotatable bonds is 6. The lowest BCUT2D eigenvalue weighted by molar-refractivity contribution is -0.127. The number of aromatic nitrogens is 1.